The summed E-state index contributed by atoms with van der Waals surface area (Å²) in [6.07, 6.45) is -0.0153. The summed E-state index contributed by atoms with van der Waals surface area (Å²) in [5.74, 6) is 0.284. The summed E-state index contributed by atoms with van der Waals surface area (Å²) in [6.45, 7) is 0.630. The summed E-state index contributed by atoms with van der Waals surface area (Å²) in [6, 6.07) is 40.3. The van der Waals surface area contributed by atoms with Crippen molar-refractivity contribution >= 4 is 64.7 Å². The molecule has 8 rings (SSSR count). The van der Waals surface area contributed by atoms with Gasteiger partial charge in [0.05, 0.1) is 15.7 Å². The molecule has 3 N–H and O–H groups in total. The monoisotopic (exact) mass is 861 g/mol. The summed E-state index contributed by atoms with van der Waals surface area (Å²) in [5, 5.41) is 14.6. The van der Waals surface area contributed by atoms with Crippen molar-refractivity contribution in [2.75, 3.05) is 11.9 Å². The smallest absolute Gasteiger partial charge is 0.290 e. The number of hydrogen-bond acceptors (Lipinski definition) is 6. The molecule has 0 aliphatic carbocycles. The van der Waals surface area contributed by atoms with E-state index in [1.54, 1.807) is 65.6 Å². The number of amides is 3. The largest absolute Gasteiger partial charge is 0.489 e. The van der Waals surface area contributed by atoms with E-state index in [1.165, 1.54) is 0 Å². The van der Waals surface area contributed by atoms with Gasteiger partial charge in [0.2, 0.25) is 12.0 Å². The molecule has 0 saturated carbocycles. The van der Waals surface area contributed by atoms with Gasteiger partial charge in [-0.05, 0) is 100 Å². The summed E-state index contributed by atoms with van der Waals surface area (Å²) >= 11 is 18.2. The van der Waals surface area contributed by atoms with Gasteiger partial charge in [-0.2, -0.15) is 0 Å². The van der Waals surface area contributed by atoms with Crippen LogP contribution in [0.4, 0.5) is 5.69 Å². The summed E-state index contributed by atoms with van der Waals surface area (Å²) in [5.41, 5.74) is 7.43. The van der Waals surface area contributed by atoms with Gasteiger partial charge in [0, 0.05) is 35.7 Å². The maximum absolute atomic E-state index is 14.0. The van der Waals surface area contributed by atoms with E-state index in [2.05, 4.69) is 22.8 Å². The molecule has 2 aliphatic rings. The van der Waals surface area contributed by atoms with Crippen LogP contribution >= 0.6 is 34.8 Å². The van der Waals surface area contributed by atoms with Gasteiger partial charge in [0.25, 0.3) is 18.3 Å². The lowest BCUT2D eigenvalue weighted by molar-refractivity contribution is -0.126. The van der Waals surface area contributed by atoms with E-state index < -0.39 is 12.1 Å². The quantitative estimate of drug-likeness (QED) is 0.117. The van der Waals surface area contributed by atoms with Crippen molar-refractivity contribution in [3.8, 4) is 22.6 Å². The Labute approximate surface area is 361 Å². The van der Waals surface area contributed by atoms with Crippen LogP contribution in [0.2, 0.25) is 15.1 Å². The number of halogens is 3. The first kappa shape index (κ1) is 41.8. The molecule has 2 heterocycles. The van der Waals surface area contributed by atoms with Crippen molar-refractivity contribution in [1.29, 1.82) is 0 Å². The number of ether oxygens (including phenoxy) is 2. The highest BCUT2D eigenvalue weighted by Crippen LogP contribution is 2.40. The molecule has 304 valence electrons. The minimum absolute atomic E-state index is 0.188. The first-order valence-corrected chi connectivity index (χ1v) is 20.1. The third kappa shape index (κ3) is 9.92. The zero-order valence-electron chi connectivity index (χ0n) is 31.9. The Kier molecular flexibility index (Phi) is 13.4. The topological polar surface area (TPSA) is 134 Å². The number of carboxylic acid groups (broad SMARTS) is 1. The third-order valence-electron chi connectivity index (χ3n) is 10.2. The van der Waals surface area contributed by atoms with Crippen molar-refractivity contribution in [2.45, 2.75) is 38.1 Å². The van der Waals surface area contributed by atoms with Crippen LogP contribution in [0.25, 0.3) is 11.1 Å². The molecule has 0 radical (unpaired) electrons. The average Bonchev–Trinajstić information content (AvgIpc) is 3.26. The van der Waals surface area contributed by atoms with E-state index in [-0.39, 0.29) is 37.2 Å². The summed E-state index contributed by atoms with van der Waals surface area (Å²) in [4.78, 5) is 51.2. The second kappa shape index (κ2) is 19.2. The molecular weight excluding hydrogens is 825 g/mol. The molecule has 0 spiro atoms. The fraction of sp³-hybridized carbons (Fsp3) is 0.149. The molecule has 0 aromatic heterocycles. The Morgan fingerprint density at radius 2 is 1.48 bits per heavy atom. The Hall–Kier alpha value is -6.33. The normalized spacial score (nSPS) is 15.2. The molecule has 2 atom stereocenters. The Morgan fingerprint density at radius 1 is 0.817 bits per heavy atom. The Balaban J connectivity index is 0.00000176. The molecule has 60 heavy (non-hydrogen) atoms. The molecule has 6 aromatic carbocycles. The minimum Gasteiger partial charge on any atom is -0.489 e. The number of benzene rings is 6. The van der Waals surface area contributed by atoms with Crippen molar-refractivity contribution in [1.82, 2.24) is 10.2 Å². The molecule has 13 heteroatoms. The molecule has 3 amide bonds. The zero-order valence-corrected chi connectivity index (χ0v) is 34.2. The number of fused-ring (bicyclic) bond motifs is 2. The van der Waals surface area contributed by atoms with E-state index in [9.17, 15) is 14.4 Å². The van der Waals surface area contributed by atoms with Crippen LogP contribution in [0, 0.1) is 0 Å². The molecule has 0 saturated heterocycles. The first-order chi connectivity index (χ1) is 29.1. The van der Waals surface area contributed by atoms with Crippen LogP contribution in [-0.4, -0.2) is 46.8 Å². The number of rotatable bonds is 10. The lowest BCUT2D eigenvalue weighted by Crippen LogP contribution is -2.52. The standard InChI is InChI=1S/C46H36Cl3N3O5.CH2O2/c47-36-15-11-31(12-16-36)30-9-6-28(7-10-30)20-21-50-44(53)41-24-34-23-40-42(25-35(34)26-52(41)46(55)33-4-2-1-3-5-33)57-43(45(54)51-40)32-13-17-37(18-14-32)56-27-29-8-19-38(48)39(49)22-29;2-1-3/h1-19,22-23,25,41,43H,20-21,24,26-27H2,(H,50,53)(H,51,54);1H,(H,2,3). The molecule has 10 nitrogen and oxygen atoms in total. The van der Waals surface area contributed by atoms with E-state index in [1.807, 2.05) is 60.7 Å². The number of carbonyl (C=O) groups is 4. The molecule has 0 fully saturated rings. The second-order valence-corrected chi connectivity index (χ2v) is 15.3. The van der Waals surface area contributed by atoms with Gasteiger partial charge in [-0.1, -0.05) is 108 Å². The van der Waals surface area contributed by atoms with Crippen LogP contribution < -0.4 is 20.1 Å². The number of carbonyl (C=O) groups excluding carboxylic acids is 3. The first-order valence-electron chi connectivity index (χ1n) is 19.0. The van der Waals surface area contributed by atoms with Crippen LogP contribution in [-0.2, 0) is 40.4 Å². The van der Waals surface area contributed by atoms with Gasteiger partial charge in [0.15, 0.2) is 0 Å². The average molecular weight is 863 g/mol. The van der Waals surface area contributed by atoms with Crippen LogP contribution in [0.1, 0.15) is 44.3 Å². The fourth-order valence-electron chi connectivity index (χ4n) is 7.09. The Morgan fingerprint density at radius 3 is 2.17 bits per heavy atom. The Bertz CT molecular complexity index is 2500. The third-order valence-corrected chi connectivity index (χ3v) is 11.2. The zero-order chi connectivity index (χ0) is 42.2. The lowest BCUT2D eigenvalue weighted by atomic mass is 9.91. The predicted molar refractivity (Wildman–Crippen MR) is 232 cm³/mol. The molecule has 2 aliphatic heterocycles. The lowest BCUT2D eigenvalue weighted by Gasteiger charge is -2.37. The summed E-state index contributed by atoms with van der Waals surface area (Å²) < 4.78 is 12.2. The summed E-state index contributed by atoms with van der Waals surface area (Å²) in [7, 11) is 0. The fourth-order valence-corrected chi connectivity index (χ4v) is 7.54. The van der Waals surface area contributed by atoms with Crippen molar-refractivity contribution in [3.63, 3.8) is 0 Å². The maximum atomic E-state index is 14.0. The number of hydrogen-bond donors (Lipinski definition) is 3. The van der Waals surface area contributed by atoms with Crippen molar-refractivity contribution < 1.29 is 33.8 Å². The number of nitrogens with zero attached hydrogens (tertiary/aromatic N) is 1. The maximum Gasteiger partial charge on any atom is 0.290 e. The highest BCUT2D eigenvalue weighted by atomic mass is 35.5. The predicted octanol–water partition coefficient (Wildman–Crippen LogP) is 9.59. The number of nitrogens with one attached hydrogen (secondary N) is 2. The van der Waals surface area contributed by atoms with Gasteiger partial charge >= 0.3 is 0 Å². The van der Waals surface area contributed by atoms with Gasteiger partial charge in [0.1, 0.15) is 24.1 Å². The van der Waals surface area contributed by atoms with Crippen molar-refractivity contribution in [3.05, 3.63) is 182 Å². The van der Waals surface area contributed by atoms with Crippen LogP contribution in [0.5, 0.6) is 11.5 Å². The minimum atomic E-state index is -0.905. The van der Waals surface area contributed by atoms with Crippen LogP contribution in [0.3, 0.4) is 0 Å². The van der Waals surface area contributed by atoms with Gasteiger partial charge in [-0.3, -0.25) is 19.2 Å². The van der Waals surface area contributed by atoms with Gasteiger partial charge in [-0.25, -0.2) is 0 Å². The van der Waals surface area contributed by atoms with Crippen LogP contribution in [0.15, 0.2) is 133 Å². The molecular formula is C47H38Cl3N3O7. The molecule has 6 aromatic rings. The SMILES string of the molecule is O=C1Nc2cc3c(cc2OC1c1ccc(OCc2ccc(Cl)c(Cl)c2)cc1)CN(C(=O)c1ccccc1)C(C(=O)NCCc1ccc(-c2ccc(Cl)cc2)cc1)C3.O=CO. The van der Waals surface area contributed by atoms with Crippen molar-refractivity contribution in [2.24, 2.45) is 0 Å². The second-order valence-electron chi connectivity index (χ2n) is 14.1. The highest BCUT2D eigenvalue weighted by Gasteiger charge is 2.37. The van der Waals surface area contributed by atoms with E-state index >= 15 is 0 Å². The van der Waals surface area contributed by atoms with E-state index in [4.69, 9.17) is 54.2 Å². The van der Waals surface area contributed by atoms with E-state index in [0.717, 1.165) is 33.4 Å². The van der Waals surface area contributed by atoms with Gasteiger partial charge in [-0.15, -0.1) is 0 Å². The van der Waals surface area contributed by atoms with E-state index in [0.29, 0.717) is 63.0 Å². The molecule has 2 unspecified atom stereocenters. The highest BCUT2D eigenvalue weighted by molar-refractivity contribution is 6.42. The molecule has 0 bridgehead atoms. The number of anilines is 1. The van der Waals surface area contributed by atoms with Gasteiger partial charge < -0.3 is 30.1 Å².